The first-order valence-electron chi connectivity index (χ1n) is 9.38. The molecule has 3 aromatic rings. The molecule has 0 atom stereocenters. The van der Waals surface area contributed by atoms with Crippen LogP contribution in [0.1, 0.15) is 11.3 Å². The molecule has 2 aromatic carbocycles. The summed E-state index contributed by atoms with van der Waals surface area (Å²) < 4.78 is 13.4. The Labute approximate surface area is 168 Å². The van der Waals surface area contributed by atoms with Crippen LogP contribution in [0.4, 0.5) is 10.1 Å². The van der Waals surface area contributed by atoms with Crippen LogP contribution in [0.3, 0.4) is 0 Å². The lowest BCUT2D eigenvalue weighted by molar-refractivity contribution is -0.130. The standard InChI is InChI=1S/C22H22FN3OS/c1-16-4-2-7-20(12-16)25-8-10-26(11-9-25)21(27)14-19-15-28-22(24-19)17-5-3-6-18(23)13-17/h2-7,12-13,15H,8-11,14H2,1H3. The molecule has 6 heteroatoms. The SMILES string of the molecule is Cc1cccc(N2CCN(C(=O)Cc3csc(-c4cccc(F)c4)n3)CC2)c1. The molecule has 4 rings (SSSR count). The van der Waals surface area contributed by atoms with Gasteiger partial charge in [0, 0.05) is 42.8 Å². The third-order valence-corrected chi connectivity index (χ3v) is 5.90. The summed E-state index contributed by atoms with van der Waals surface area (Å²) >= 11 is 1.44. The first kappa shape index (κ1) is 18.6. The number of anilines is 1. The van der Waals surface area contributed by atoms with Gasteiger partial charge >= 0.3 is 0 Å². The summed E-state index contributed by atoms with van der Waals surface area (Å²) in [7, 11) is 0. The lowest BCUT2D eigenvalue weighted by Gasteiger charge is -2.36. The van der Waals surface area contributed by atoms with Gasteiger partial charge in [-0.1, -0.05) is 24.3 Å². The van der Waals surface area contributed by atoms with Gasteiger partial charge in [-0.25, -0.2) is 9.37 Å². The minimum Gasteiger partial charge on any atom is -0.368 e. The van der Waals surface area contributed by atoms with Crippen molar-refractivity contribution in [2.45, 2.75) is 13.3 Å². The third-order valence-electron chi connectivity index (χ3n) is 4.95. The Balaban J connectivity index is 1.35. The van der Waals surface area contributed by atoms with Crippen LogP contribution in [-0.4, -0.2) is 42.0 Å². The van der Waals surface area contributed by atoms with Crippen LogP contribution in [0.25, 0.3) is 10.6 Å². The van der Waals surface area contributed by atoms with Crippen LogP contribution in [0, 0.1) is 12.7 Å². The second kappa shape index (κ2) is 8.10. The van der Waals surface area contributed by atoms with Crippen LogP contribution in [0.15, 0.2) is 53.9 Å². The van der Waals surface area contributed by atoms with E-state index in [1.54, 1.807) is 6.07 Å². The molecular weight excluding hydrogens is 373 g/mol. The van der Waals surface area contributed by atoms with Gasteiger partial charge in [-0.2, -0.15) is 0 Å². The predicted molar refractivity (Wildman–Crippen MR) is 111 cm³/mol. The minimum atomic E-state index is -0.281. The molecule has 1 aromatic heterocycles. The number of amides is 1. The van der Waals surface area contributed by atoms with E-state index in [1.165, 1.54) is 34.7 Å². The van der Waals surface area contributed by atoms with Crippen molar-refractivity contribution in [3.8, 4) is 10.6 Å². The van der Waals surface area contributed by atoms with Crippen molar-refractivity contribution >= 4 is 22.9 Å². The monoisotopic (exact) mass is 395 g/mol. The van der Waals surface area contributed by atoms with Crippen LogP contribution in [-0.2, 0) is 11.2 Å². The average molecular weight is 396 g/mol. The van der Waals surface area contributed by atoms with Gasteiger partial charge in [-0.15, -0.1) is 11.3 Å². The van der Waals surface area contributed by atoms with Crippen molar-refractivity contribution < 1.29 is 9.18 Å². The van der Waals surface area contributed by atoms with Gasteiger partial charge in [0.25, 0.3) is 0 Å². The topological polar surface area (TPSA) is 36.4 Å². The van der Waals surface area contributed by atoms with Crippen molar-refractivity contribution in [1.82, 2.24) is 9.88 Å². The van der Waals surface area contributed by atoms with Crippen LogP contribution >= 0.6 is 11.3 Å². The molecule has 0 N–H and O–H groups in total. The van der Waals surface area contributed by atoms with E-state index in [4.69, 9.17) is 0 Å². The van der Waals surface area contributed by atoms with E-state index in [0.29, 0.717) is 13.1 Å². The number of carbonyl (C=O) groups is 1. The predicted octanol–water partition coefficient (Wildman–Crippen LogP) is 4.15. The Kier molecular flexibility index (Phi) is 5.39. The highest BCUT2D eigenvalue weighted by Crippen LogP contribution is 2.25. The molecule has 144 valence electrons. The zero-order chi connectivity index (χ0) is 19.5. The number of carbonyl (C=O) groups excluding carboxylic acids is 1. The number of hydrogen-bond donors (Lipinski definition) is 0. The quantitative estimate of drug-likeness (QED) is 0.666. The van der Waals surface area contributed by atoms with E-state index in [9.17, 15) is 9.18 Å². The molecule has 0 radical (unpaired) electrons. The lowest BCUT2D eigenvalue weighted by Crippen LogP contribution is -2.49. The van der Waals surface area contributed by atoms with Gasteiger partial charge in [0.1, 0.15) is 10.8 Å². The zero-order valence-electron chi connectivity index (χ0n) is 15.8. The fraction of sp³-hybridized carbons (Fsp3) is 0.273. The summed E-state index contributed by atoms with van der Waals surface area (Å²) in [4.78, 5) is 21.4. The number of aryl methyl sites for hydroxylation is 1. The van der Waals surface area contributed by atoms with E-state index in [-0.39, 0.29) is 18.1 Å². The molecule has 0 unspecified atom stereocenters. The van der Waals surface area contributed by atoms with Crippen molar-refractivity contribution in [1.29, 1.82) is 0 Å². The fourth-order valence-corrected chi connectivity index (χ4v) is 4.26. The number of nitrogens with zero attached hydrogens (tertiary/aromatic N) is 3. The summed E-state index contributed by atoms with van der Waals surface area (Å²) in [6.45, 7) is 5.19. The van der Waals surface area contributed by atoms with Gasteiger partial charge in [0.15, 0.2) is 0 Å². The normalized spacial score (nSPS) is 14.4. The van der Waals surface area contributed by atoms with Gasteiger partial charge in [-0.05, 0) is 36.8 Å². The Bertz CT molecular complexity index is 979. The summed E-state index contributed by atoms with van der Waals surface area (Å²) in [6, 6.07) is 14.8. The highest BCUT2D eigenvalue weighted by atomic mass is 32.1. The van der Waals surface area contributed by atoms with Crippen LogP contribution < -0.4 is 4.90 Å². The minimum absolute atomic E-state index is 0.0972. The zero-order valence-corrected chi connectivity index (χ0v) is 16.6. The highest BCUT2D eigenvalue weighted by molar-refractivity contribution is 7.13. The van der Waals surface area contributed by atoms with Gasteiger partial charge < -0.3 is 9.80 Å². The van der Waals surface area contributed by atoms with Gasteiger partial charge in [0.05, 0.1) is 12.1 Å². The molecular formula is C22H22FN3OS. The Morgan fingerprint density at radius 2 is 1.89 bits per heavy atom. The summed E-state index contributed by atoms with van der Waals surface area (Å²) in [5.41, 5.74) is 3.95. The smallest absolute Gasteiger partial charge is 0.228 e. The maximum Gasteiger partial charge on any atom is 0.228 e. The number of aromatic nitrogens is 1. The second-order valence-electron chi connectivity index (χ2n) is 7.04. The van der Waals surface area contributed by atoms with E-state index in [2.05, 4.69) is 41.1 Å². The average Bonchev–Trinajstić information content (AvgIpc) is 3.17. The van der Waals surface area contributed by atoms with Gasteiger partial charge in [0.2, 0.25) is 5.91 Å². The molecule has 0 spiro atoms. The van der Waals surface area contributed by atoms with Crippen molar-refractivity contribution in [3.05, 3.63) is 71.0 Å². The Hall–Kier alpha value is -2.73. The van der Waals surface area contributed by atoms with E-state index >= 15 is 0 Å². The van der Waals surface area contributed by atoms with Crippen molar-refractivity contribution in [2.24, 2.45) is 0 Å². The maximum absolute atomic E-state index is 13.4. The number of thiazole rings is 1. The maximum atomic E-state index is 13.4. The molecule has 0 aliphatic carbocycles. The molecule has 0 bridgehead atoms. The first-order valence-corrected chi connectivity index (χ1v) is 10.3. The van der Waals surface area contributed by atoms with Gasteiger partial charge in [-0.3, -0.25) is 4.79 Å². The summed E-state index contributed by atoms with van der Waals surface area (Å²) in [5.74, 6) is -0.184. The lowest BCUT2D eigenvalue weighted by atomic mass is 10.2. The summed E-state index contributed by atoms with van der Waals surface area (Å²) in [6.07, 6.45) is 0.288. The number of hydrogen-bond acceptors (Lipinski definition) is 4. The molecule has 1 fully saturated rings. The first-order chi connectivity index (χ1) is 13.6. The molecule has 28 heavy (non-hydrogen) atoms. The molecule has 1 amide bonds. The summed E-state index contributed by atoms with van der Waals surface area (Å²) in [5, 5.41) is 2.63. The number of halogens is 1. The third kappa shape index (κ3) is 4.22. The van der Waals surface area contributed by atoms with E-state index in [1.807, 2.05) is 16.3 Å². The molecule has 2 heterocycles. The molecule has 1 aliphatic heterocycles. The number of rotatable bonds is 4. The molecule has 4 nitrogen and oxygen atoms in total. The fourth-order valence-electron chi connectivity index (χ4n) is 3.45. The van der Waals surface area contributed by atoms with E-state index in [0.717, 1.165) is 29.4 Å². The molecule has 1 saturated heterocycles. The largest absolute Gasteiger partial charge is 0.368 e. The molecule has 0 saturated carbocycles. The molecule has 1 aliphatic rings. The van der Waals surface area contributed by atoms with Crippen LogP contribution in [0.5, 0.6) is 0 Å². The van der Waals surface area contributed by atoms with Crippen molar-refractivity contribution in [2.75, 3.05) is 31.1 Å². The van der Waals surface area contributed by atoms with Crippen molar-refractivity contribution in [3.63, 3.8) is 0 Å². The highest BCUT2D eigenvalue weighted by Gasteiger charge is 2.22. The Morgan fingerprint density at radius 1 is 1.11 bits per heavy atom. The van der Waals surface area contributed by atoms with E-state index < -0.39 is 0 Å². The Morgan fingerprint density at radius 3 is 2.64 bits per heavy atom. The number of benzene rings is 2. The number of piperazine rings is 1. The van der Waals surface area contributed by atoms with Crippen LogP contribution in [0.2, 0.25) is 0 Å². The second-order valence-corrected chi connectivity index (χ2v) is 7.90.